The van der Waals surface area contributed by atoms with Crippen LogP contribution in [0.5, 0.6) is 5.75 Å². The van der Waals surface area contributed by atoms with Crippen molar-refractivity contribution in [3.05, 3.63) is 101 Å². The summed E-state index contributed by atoms with van der Waals surface area (Å²) in [6.45, 7) is 15.7. The van der Waals surface area contributed by atoms with Gasteiger partial charge in [-0.1, -0.05) is 24.5 Å². The van der Waals surface area contributed by atoms with Gasteiger partial charge in [0.05, 0.1) is 23.6 Å². The minimum Gasteiger partial charge on any atom is -0.484 e. The number of aromatic nitrogens is 1. The van der Waals surface area contributed by atoms with Gasteiger partial charge in [-0.3, -0.25) is 28.8 Å². The monoisotopic (exact) mass is 998 g/mol. The summed E-state index contributed by atoms with van der Waals surface area (Å²) in [6.07, 6.45) is 4.91. The number of ether oxygens (including phenoxy) is 1. The number of thiazole rings is 1. The molecule has 1 saturated heterocycles. The number of nitrogens with zero attached hydrogens (tertiary/aromatic N) is 3. The molecule has 360 valence electrons. The topological polar surface area (TPSA) is 215 Å². The van der Waals surface area contributed by atoms with Crippen LogP contribution in [-0.4, -0.2) is 90.8 Å². The van der Waals surface area contributed by atoms with E-state index in [0.29, 0.717) is 98.7 Å². The van der Waals surface area contributed by atoms with Crippen molar-refractivity contribution in [3.8, 4) is 5.75 Å². The number of hydrogen-bond acceptors (Lipinski definition) is 14. The maximum absolute atomic E-state index is 13.8. The molecule has 4 aliphatic rings. The molecular formula is C50H50N10O7S3. The molecule has 3 aromatic heterocycles. The fraction of sp³-hybridized carbons (Fsp3) is 0.300. The van der Waals surface area contributed by atoms with Gasteiger partial charge in [0.2, 0.25) is 5.91 Å². The highest BCUT2D eigenvalue weighted by Crippen LogP contribution is 2.43. The zero-order valence-corrected chi connectivity index (χ0v) is 41.0. The van der Waals surface area contributed by atoms with Crippen molar-refractivity contribution >= 4 is 128 Å². The SMILES string of the molecule is C=CC(=O)Nc1sc(N2CCCC(CC3CNc4c(sc5ccc(C(=O)Nc6ccc7c(c6)N(C(=O)C=C)CC(C)(C)O7)cc45)C(=O)N3)C2)nc1NC(=O)c1ccc2sc3c(c2c1)NCC(C)NC3=O. The van der Waals surface area contributed by atoms with Crippen LogP contribution in [0.2, 0.25) is 0 Å². The number of nitrogens with one attached hydrogen (secondary N) is 7. The van der Waals surface area contributed by atoms with Crippen molar-refractivity contribution in [1.82, 2.24) is 15.6 Å². The van der Waals surface area contributed by atoms with Gasteiger partial charge in [-0.15, -0.1) is 22.7 Å². The lowest BCUT2D eigenvalue weighted by Crippen LogP contribution is -2.48. The van der Waals surface area contributed by atoms with Gasteiger partial charge in [0.15, 0.2) is 10.9 Å². The molecule has 7 heterocycles. The Labute approximate surface area is 414 Å². The number of rotatable bonds is 10. The van der Waals surface area contributed by atoms with Gasteiger partial charge in [0.25, 0.3) is 29.5 Å². The van der Waals surface area contributed by atoms with Crippen molar-refractivity contribution in [3.63, 3.8) is 0 Å². The lowest BCUT2D eigenvalue weighted by atomic mass is 9.91. The second-order valence-electron chi connectivity index (χ2n) is 18.5. The van der Waals surface area contributed by atoms with E-state index in [1.165, 1.54) is 40.1 Å². The Morgan fingerprint density at radius 3 is 2.20 bits per heavy atom. The molecule has 6 amide bonds. The van der Waals surface area contributed by atoms with Crippen molar-refractivity contribution in [2.24, 2.45) is 5.92 Å². The van der Waals surface area contributed by atoms with Gasteiger partial charge in [-0.2, -0.15) is 0 Å². The van der Waals surface area contributed by atoms with Crippen LogP contribution in [0.25, 0.3) is 20.2 Å². The molecule has 7 N–H and O–H groups in total. The highest BCUT2D eigenvalue weighted by Gasteiger charge is 2.35. The molecule has 70 heavy (non-hydrogen) atoms. The predicted octanol–water partition coefficient (Wildman–Crippen LogP) is 8.27. The number of amides is 6. The fourth-order valence-corrected chi connectivity index (χ4v) is 12.5. The Morgan fingerprint density at radius 2 is 1.51 bits per heavy atom. The van der Waals surface area contributed by atoms with Crippen LogP contribution in [0.15, 0.2) is 79.9 Å². The first-order valence-electron chi connectivity index (χ1n) is 22.9. The largest absolute Gasteiger partial charge is 0.484 e. The number of carbonyl (C=O) groups excluding carboxylic acids is 6. The molecule has 0 radical (unpaired) electrons. The molecule has 6 aromatic rings. The summed E-state index contributed by atoms with van der Waals surface area (Å²) in [6, 6.07) is 15.6. The number of thiophene rings is 2. The van der Waals surface area contributed by atoms with Gasteiger partial charge in [-0.25, -0.2) is 4.98 Å². The van der Waals surface area contributed by atoms with Gasteiger partial charge in [0, 0.05) is 75.2 Å². The Hall–Kier alpha value is -7.29. The minimum atomic E-state index is -0.605. The standard InChI is InChI=1S/C50H50N10O7S3/c1-6-37(61)56-48-43(57-45(64)28-11-15-35-31(19-28)39-41(68-35)46(65)53-25(3)21-51-39)58-49(70-48)59-16-8-9-26(23-59)17-30-22-52-40-32-18-27(10-14-36(32)69-42(40)47(66)55-30)44(63)54-29-12-13-34-33(20-29)60(38(62)7-2)24-50(4,5)67-34/h6-7,10-15,18-20,25-26,30,51-52H,1-2,8-9,16-17,21-24H2,3-5H3,(H,53,65)(H,54,63)(H,55,66)(H,56,61)(H,57,64). The fourth-order valence-electron chi connectivity index (χ4n) is 9.40. The maximum atomic E-state index is 13.8. The molecule has 4 aliphatic heterocycles. The van der Waals surface area contributed by atoms with E-state index in [1.807, 2.05) is 32.9 Å². The smallest absolute Gasteiger partial charge is 0.263 e. The summed E-state index contributed by atoms with van der Waals surface area (Å²) in [5.74, 6) is -0.892. The highest BCUT2D eigenvalue weighted by atomic mass is 32.1. The van der Waals surface area contributed by atoms with Gasteiger partial charge in [0.1, 0.15) is 26.1 Å². The lowest BCUT2D eigenvalue weighted by Gasteiger charge is -2.39. The van der Waals surface area contributed by atoms with Gasteiger partial charge in [-0.05, 0) is 113 Å². The minimum absolute atomic E-state index is 0.0536. The van der Waals surface area contributed by atoms with E-state index < -0.39 is 17.4 Å². The zero-order valence-electron chi connectivity index (χ0n) is 38.6. The van der Waals surface area contributed by atoms with Crippen LogP contribution < -0.4 is 51.8 Å². The summed E-state index contributed by atoms with van der Waals surface area (Å²) in [4.78, 5) is 89.3. The molecule has 0 saturated carbocycles. The number of piperidine rings is 1. The molecular weight excluding hydrogens is 949 g/mol. The second-order valence-corrected chi connectivity index (χ2v) is 21.6. The average molecular weight is 999 g/mol. The molecule has 3 atom stereocenters. The summed E-state index contributed by atoms with van der Waals surface area (Å²) < 4.78 is 7.85. The van der Waals surface area contributed by atoms with Crippen LogP contribution in [0.1, 0.15) is 80.1 Å². The first-order chi connectivity index (χ1) is 33.6. The first-order valence-corrected chi connectivity index (χ1v) is 25.4. The maximum Gasteiger partial charge on any atom is 0.263 e. The van der Waals surface area contributed by atoms with E-state index in [2.05, 4.69) is 55.3 Å². The van der Waals surface area contributed by atoms with Crippen molar-refractivity contribution in [2.75, 3.05) is 69.1 Å². The first kappa shape index (κ1) is 46.4. The van der Waals surface area contributed by atoms with Crippen LogP contribution in [0.4, 0.5) is 38.7 Å². The molecule has 17 nitrogen and oxygen atoms in total. The number of hydrogen-bond donors (Lipinski definition) is 7. The Balaban J connectivity index is 0.810. The number of benzene rings is 3. The predicted molar refractivity (Wildman–Crippen MR) is 279 cm³/mol. The van der Waals surface area contributed by atoms with E-state index in [-0.39, 0.29) is 47.4 Å². The van der Waals surface area contributed by atoms with E-state index in [0.717, 1.165) is 39.1 Å². The third-order valence-corrected chi connectivity index (χ3v) is 16.1. The molecule has 0 aliphatic carbocycles. The second kappa shape index (κ2) is 18.6. The highest BCUT2D eigenvalue weighted by molar-refractivity contribution is 7.22. The van der Waals surface area contributed by atoms with Gasteiger partial charge >= 0.3 is 0 Å². The third kappa shape index (κ3) is 9.16. The Morgan fingerprint density at radius 1 is 0.843 bits per heavy atom. The number of carbonyl (C=O) groups is 6. The quantitative estimate of drug-likeness (QED) is 0.0649. The summed E-state index contributed by atoms with van der Waals surface area (Å²) in [7, 11) is 0. The zero-order chi connectivity index (χ0) is 49.0. The molecule has 3 aromatic carbocycles. The third-order valence-electron chi connectivity index (χ3n) is 12.7. The number of fused-ring (bicyclic) bond motifs is 7. The van der Waals surface area contributed by atoms with E-state index in [1.54, 1.807) is 47.4 Å². The van der Waals surface area contributed by atoms with Crippen LogP contribution in [0.3, 0.4) is 0 Å². The van der Waals surface area contributed by atoms with Crippen molar-refractivity contribution in [2.45, 2.75) is 57.7 Å². The normalized spacial score (nSPS) is 19.3. The van der Waals surface area contributed by atoms with Crippen LogP contribution in [-0.2, 0) is 9.59 Å². The summed E-state index contributed by atoms with van der Waals surface area (Å²) in [5, 5.41) is 24.4. The molecule has 0 bridgehead atoms. The Bertz CT molecular complexity index is 3190. The van der Waals surface area contributed by atoms with Crippen LogP contribution in [0, 0.1) is 5.92 Å². The molecule has 1 fully saturated rings. The van der Waals surface area contributed by atoms with E-state index in [4.69, 9.17) is 9.72 Å². The molecule has 0 spiro atoms. The van der Waals surface area contributed by atoms with E-state index in [9.17, 15) is 28.8 Å². The molecule has 20 heteroatoms. The van der Waals surface area contributed by atoms with Gasteiger partial charge < -0.3 is 51.8 Å². The summed E-state index contributed by atoms with van der Waals surface area (Å²) in [5.41, 5.74) is 2.58. The summed E-state index contributed by atoms with van der Waals surface area (Å²) >= 11 is 4.00. The number of anilines is 7. The van der Waals surface area contributed by atoms with Crippen LogP contribution >= 0.6 is 34.0 Å². The van der Waals surface area contributed by atoms with E-state index >= 15 is 0 Å². The molecule has 3 unspecified atom stereocenters. The van der Waals surface area contributed by atoms with Crippen molar-refractivity contribution in [1.29, 1.82) is 0 Å². The molecule has 10 rings (SSSR count). The Kier molecular flexibility index (Phi) is 12.3. The van der Waals surface area contributed by atoms with Crippen molar-refractivity contribution < 1.29 is 33.5 Å². The average Bonchev–Trinajstić information content (AvgIpc) is 3.98. The lowest BCUT2D eigenvalue weighted by molar-refractivity contribution is -0.115.